The van der Waals surface area contributed by atoms with Crippen molar-refractivity contribution in [1.29, 1.82) is 0 Å². The van der Waals surface area contributed by atoms with E-state index in [1.807, 2.05) is 0 Å². The van der Waals surface area contributed by atoms with Gasteiger partial charge in [0.05, 0.1) is 23.4 Å². The van der Waals surface area contributed by atoms with Crippen LogP contribution in [0, 0.1) is 23.2 Å². The summed E-state index contributed by atoms with van der Waals surface area (Å²) in [6.45, 7) is 2.18. The second kappa shape index (κ2) is 9.79. The van der Waals surface area contributed by atoms with Crippen molar-refractivity contribution in [2.45, 2.75) is 61.6 Å². The molecule has 7 rings (SSSR count). The summed E-state index contributed by atoms with van der Waals surface area (Å²) in [6, 6.07) is 11.5. The molecule has 10 heteroatoms. The third-order valence-corrected chi connectivity index (χ3v) is 10.9. The maximum atomic E-state index is 13.0. The highest BCUT2D eigenvalue weighted by Gasteiger charge is 2.53. The second-order valence-corrected chi connectivity index (χ2v) is 13.9. The number of ether oxygens (including phenoxy) is 1. The van der Waals surface area contributed by atoms with E-state index in [2.05, 4.69) is 21.9 Å². The number of carbonyl (C=O) groups excluding carboxylic acids is 1. The zero-order chi connectivity index (χ0) is 26.5. The number of fused-ring (bicyclic) bond motifs is 1. The van der Waals surface area contributed by atoms with Gasteiger partial charge in [0.25, 0.3) is 15.2 Å². The van der Waals surface area contributed by atoms with E-state index < -0.39 is 10.0 Å². The molecule has 3 aromatic rings. The number of sulfonamides is 1. The fraction of sp³-hybridized carbons (Fsp3) is 0.500. The smallest absolute Gasteiger partial charge is 0.262 e. The first-order valence-electron chi connectivity index (χ1n) is 13.2. The number of hydrogen-bond acceptors (Lipinski definition) is 7. The van der Waals surface area contributed by atoms with Gasteiger partial charge in [-0.2, -0.15) is 0 Å². The third-order valence-electron chi connectivity index (χ3n) is 8.71. The van der Waals surface area contributed by atoms with Crippen LogP contribution in [0.15, 0.2) is 57.0 Å². The van der Waals surface area contributed by atoms with E-state index in [0.717, 1.165) is 17.8 Å². The number of oxazole rings is 1. The van der Waals surface area contributed by atoms with Gasteiger partial charge in [0.2, 0.25) is 5.91 Å². The molecule has 202 valence electrons. The van der Waals surface area contributed by atoms with E-state index in [0.29, 0.717) is 27.8 Å². The first-order valence-corrected chi connectivity index (χ1v) is 15.7. The van der Waals surface area contributed by atoms with Crippen LogP contribution in [-0.4, -0.2) is 38.2 Å². The van der Waals surface area contributed by atoms with Gasteiger partial charge in [-0.1, -0.05) is 23.9 Å². The van der Waals surface area contributed by atoms with Crippen LogP contribution < -0.4 is 14.8 Å². The average molecular weight is 556 g/mol. The van der Waals surface area contributed by atoms with Crippen molar-refractivity contribution in [2.75, 3.05) is 17.6 Å². The highest BCUT2D eigenvalue weighted by atomic mass is 32.2. The van der Waals surface area contributed by atoms with Crippen LogP contribution in [0.4, 0.5) is 5.69 Å². The number of hydrogen-bond donors (Lipinski definition) is 2. The number of methoxy groups -OCH3 is 1. The van der Waals surface area contributed by atoms with Crippen molar-refractivity contribution >= 4 is 44.5 Å². The quantitative estimate of drug-likeness (QED) is 0.338. The summed E-state index contributed by atoms with van der Waals surface area (Å²) in [6.07, 6.45) is 7.88. The number of anilines is 1. The van der Waals surface area contributed by atoms with Crippen LogP contribution in [0.5, 0.6) is 5.75 Å². The summed E-state index contributed by atoms with van der Waals surface area (Å²) in [5.74, 6) is 3.12. The Hall–Kier alpha value is -2.72. The molecule has 38 heavy (non-hydrogen) atoms. The molecule has 4 bridgehead atoms. The SMILES string of the molecule is COc1ccccc1NS(=O)(=O)c1ccc2oc(SCC(=O)N[C@@H](C)C34CC5CC(CC(C5)C3)C4)nc2c1. The van der Waals surface area contributed by atoms with Crippen molar-refractivity contribution in [2.24, 2.45) is 23.2 Å². The highest BCUT2D eigenvalue weighted by Crippen LogP contribution is 2.61. The minimum atomic E-state index is -3.87. The molecule has 0 aliphatic heterocycles. The molecule has 0 radical (unpaired) electrons. The monoisotopic (exact) mass is 555 g/mol. The van der Waals surface area contributed by atoms with E-state index in [4.69, 9.17) is 9.15 Å². The molecule has 8 nitrogen and oxygen atoms in total. The number of nitrogens with one attached hydrogen (secondary N) is 2. The van der Waals surface area contributed by atoms with Gasteiger partial charge >= 0.3 is 0 Å². The van der Waals surface area contributed by atoms with E-state index in [1.165, 1.54) is 69.5 Å². The summed E-state index contributed by atoms with van der Waals surface area (Å²) < 4.78 is 39.6. The number of benzene rings is 2. The Bertz CT molecular complexity index is 1430. The molecule has 2 N–H and O–H groups in total. The Morgan fingerprint density at radius 3 is 2.50 bits per heavy atom. The first kappa shape index (κ1) is 25.6. The molecule has 2 aromatic carbocycles. The van der Waals surface area contributed by atoms with Crippen LogP contribution in [0.3, 0.4) is 0 Å². The fourth-order valence-corrected chi connectivity index (χ4v) is 9.06. The van der Waals surface area contributed by atoms with E-state index >= 15 is 0 Å². The summed E-state index contributed by atoms with van der Waals surface area (Å²) in [7, 11) is -2.39. The standard InChI is InChI=1S/C28H33N3O5S2/c1-17(28-13-18-9-19(14-28)11-20(10-18)15-28)29-26(32)16-37-27-30-23-12-21(7-8-25(23)36-27)38(33,34)31-22-5-3-4-6-24(22)35-2/h3-8,12,17-20,31H,9-11,13-16H2,1-2H3,(H,29,32)/t17-,18?,19?,20?,28?/m0/s1. The maximum absolute atomic E-state index is 13.0. The van der Waals surface area contributed by atoms with E-state index in [-0.39, 0.29) is 28.0 Å². The van der Waals surface area contributed by atoms with Crippen molar-refractivity contribution in [3.8, 4) is 5.75 Å². The number of rotatable bonds is 9. The molecule has 4 aliphatic carbocycles. The minimum absolute atomic E-state index is 0.0234. The van der Waals surface area contributed by atoms with Crippen LogP contribution >= 0.6 is 11.8 Å². The number of aromatic nitrogens is 1. The number of thioether (sulfide) groups is 1. The van der Waals surface area contributed by atoms with Crippen molar-refractivity contribution in [1.82, 2.24) is 10.3 Å². The molecule has 4 aliphatic rings. The van der Waals surface area contributed by atoms with Gasteiger partial charge in [-0.3, -0.25) is 9.52 Å². The predicted molar refractivity (Wildman–Crippen MR) is 147 cm³/mol. The second-order valence-electron chi connectivity index (χ2n) is 11.3. The fourth-order valence-electron chi connectivity index (χ4n) is 7.32. The van der Waals surface area contributed by atoms with E-state index in [9.17, 15) is 13.2 Å². The largest absolute Gasteiger partial charge is 0.495 e. The van der Waals surface area contributed by atoms with Gasteiger partial charge < -0.3 is 14.5 Å². The predicted octanol–water partition coefficient (Wildman–Crippen LogP) is 5.45. The number of nitrogens with zero attached hydrogens (tertiary/aromatic N) is 1. The van der Waals surface area contributed by atoms with Crippen molar-refractivity contribution in [3.05, 3.63) is 42.5 Å². The molecule has 1 aromatic heterocycles. The van der Waals surface area contributed by atoms with Crippen molar-refractivity contribution in [3.63, 3.8) is 0 Å². The molecule has 4 saturated carbocycles. The molecule has 1 heterocycles. The summed E-state index contributed by atoms with van der Waals surface area (Å²) in [4.78, 5) is 17.3. The van der Waals surface area contributed by atoms with Gasteiger partial charge in [0.1, 0.15) is 11.3 Å². The van der Waals surface area contributed by atoms with Gasteiger partial charge in [0.15, 0.2) is 5.58 Å². The average Bonchev–Trinajstić information content (AvgIpc) is 3.29. The minimum Gasteiger partial charge on any atom is -0.495 e. The topological polar surface area (TPSA) is 111 Å². The number of carbonyl (C=O) groups is 1. The molecule has 0 unspecified atom stereocenters. The van der Waals surface area contributed by atoms with Crippen LogP contribution in [0.1, 0.15) is 45.4 Å². The Labute approximate surface area is 227 Å². The summed E-state index contributed by atoms with van der Waals surface area (Å²) >= 11 is 1.22. The summed E-state index contributed by atoms with van der Waals surface area (Å²) in [5, 5.41) is 3.61. The zero-order valence-electron chi connectivity index (χ0n) is 21.6. The lowest BCUT2D eigenvalue weighted by Gasteiger charge is -2.59. The van der Waals surface area contributed by atoms with Gasteiger partial charge in [0, 0.05) is 6.04 Å². The Balaban J connectivity index is 1.09. The molecular weight excluding hydrogens is 522 g/mol. The Morgan fingerprint density at radius 1 is 1.13 bits per heavy atom. The van der Waals surface area contributed by atoms with Crippen LogP contribution in [-0.2, 0) is 14.8 Å². The zero-order valence-corrected chi connectivity index (χ0v) is 23.2. The van der Waals surface area contributed by atoms with E-state index in [1.54, 1.807) is 30.3 Å². The normalized spacial score (nSPS) is 26.8. The first-order chi connectivity index (χ1) is 18.2. The molecule has 1 amide bonds. The Morgan fingerprint density at radius 2 is 1.82 bits per heavy atom. The number of para-hydroxylation sites is 2. The molecule has 1 atom stereocenters. The van der Waals surface area contributed by atoms with Crippen molar-refractivity contribution < 1.29 is 22.4 Å². The lowest BCUT2D eigenvalue weighted by atomic mass is 9.48. The van der Waals surface area contributed by atoms with Gasteiger partial charge in [-0.05, 0) is 98.9 Å². The molecule has 0 saturated heterocycles. The third kappa shape index (κ3) is 4.88. The van der Waals surface area contributed by atoms with Gasteiger partial charge in [-0.15, -0.1) is 0 Å². The maximum Gasteiger partial charge on any atom is 0.262 e. The highest BCUT2D eigenvalue weighted by molar-refractivity contribution is 7.99. The van der Waals surface area contributed by atoms with Crippen LogP contribution in [0.2, 0.25) is 0 Å². The lowest BCUT2D eigenvalue weighted by Crippen LogP contribution is -2.56. The molecule has 4 fully saturated rings. The van der Waals surface area contributed by atoms with Crippen LogP contribution in [0.25, 0.3) is 11.1 Å². The molecular formula is C28H33N3O5S2. The van der Waals surface area contributed by atoms with Gasteiger partial charge in [-0.25, -0.2) is 13.4 Å². The lowest BCUT2D eigenvalue weighted by molar-refractivity contribution is -0.123. The summed E-state index contributed by atoms with van der Waals surface area (Å²) in [5.41, 5.74) is 1.48. The molecule has 0 spiro atoms. The number of amides is 1. The Kier molecular flexibility index (Phi) is 6.58.